The molecule has 2 heterocycles. The first kappa shape index (κ1) is 17.7. The molecule has 0 aliphatic carbocycles. The monoisotopic (exact) mass is 353 g/mol. The molecule has 1 aromatic carbocycles. The lowest BCUT2D eigenvalue weighted by Crippen LogP contribution is -2.51. The van der Waals surface area contributed by atoms with E-state index in [4.69, 9.17) is 4.74 Å². The van der Waals surface area contributed by atoms with E-state index in [2.05, 4.69) is 17.1 Å². The molecular formula is C17H27N3O3S. The third-order valence-corrected chi connectivity index (χ3v) is 7.00. The molecule has 2 aliphatic rings. The van der Waals surface area contributed by atoms with Crippen LogP contribution in [0.3, 0.4) is 0 Å². The standard InChI is InChI=1S/C17H27N3O3S/c1-17(7-8-18-13-17)14-19-9-11-20(12-10-19)24(21,22)16-5-3-15(23-2)4-6-16/h3-6,18H,7-14H2,1-2H3. The molecule has 3 rings (SSSR count). The molecule has 0 spiro atoms. The van der Waals surface area contributed by atoms with Gasteiger partial charge >= 0.3 is 0 Å². The lowest BCUT2D eigenvalue weighted by atomic mass is 9.89. The van der Waals surface area contributed by atoms with E-state index >= 15 is 0 Å². The predicted octanol–water partition coefficient (Wildman–Crippen LogP) is 1.00. The summed E-state index contributed by atoms with van der Waals surface area (Å²) in [6.45, 7) is 8.19. The summed E-state index contributed by atoms with van der Waals surface area (Å²) in [5, 5.41) is 3.42. The Morgan fingerprint density at radius 1 is 1.17 bits per heavy atom. The first-order valence-corrected chi connectivity index (χ1v) is 9.94. The summed E-state index contributed by atoms with van der Waals surface area (Å²) in [5.41, 5.74) is 0.316. The molecule has 1 atom stereocenters. The molecule has 2 aliphatic heterocycles. The Bertz CT molecular complexity index is 646. The van der Waals surface area contributed by atoms with E-state index < -0.39 is 10.0 Å². The summed E-state index contributed by atoms with van der Waals surface area (Å²) in [4.78, 5) is 2.73. The number of hydrogen-bond donors (Lipinski definition) is 1. The van der Waals surface area contributed by atoms with Gasteiger partial charge in [-0.15, -0.1) is 0 Å². The van der Waals surface area contributed by atoms with Crippen molar-refractivity contribution in [2.75, 3.05) is 52.9 Å². The summed E-state index contributed by atoms with van der Waals surface area (Å²) in [5.74, 6) is 0.664. The van der Waals surface area contributed by atoms with Crippen LogP contribution in [-0.4, -0.2) is 70.5 Å². The van der Waals surface area contributed by atoms with Crippen LogP contribution < -0.4 is 10.1 Å². The molecule has 24 heavy (non-hydrogen) atoms. The van der Waals surface area contributed by atoms with Gasteiger partial charge in [0, 0.05) is 39.3 Å². The summed E-state index contributed by atoms with van der Waals surface area (Å²) in [6.07, 6.45) is 1.19. The molecule has 0 saturated carbocycles. The average Bonchev–Trinajstić information content (AvgIpc) is 3.01. The molecule has 134 valence electrons. The number of ether oxygens (including phenoxy) is 1. The van der Waals surface area contributed by atoms with E-state index in [1.54, 1.807) is 35.7 Å². The van der Waals surface area contributed by atoms with E-state index in [0.717, 1.165) is 32.7 Å². The first-order valence-electron chi connectivity index (χ1n) is 8.50. The Kier molecular flexibility index (Phi) is 5.15. The molecule has 0 amide bonds. The molecule has 6 nitrogen and oxygen atoms in total. The second-order valence-corrected chi connectivity index (χ2v) is 9.03. The van der Waals surface area contributed by atoms with Crippen LogP contribution in [0.5, 0.6) is 5.75 Å². The van der Waals surface area contributed by atoms with Gasteiger partial charge in [0.1, 0.15) is 5.75 Å². The van der Waals surface area contributed by atoms with Gasteiger partial charge in [-0.25, -0.2) is 8.42 Å². The molecule has 0 aromatic heterocycles. The first-order chi connectivity index (χ1) is 11.4. The minimum atomic E-state index is -3.41. The predicted molar refractivity (Wildman–Crippen MR) is 93.8 cm³/mol. The molecule has 7 heteroatoms. The van der Waals surface area contributed by atoms with Crippen LogP contribution in [0, 0.1) is 5.41 Å². The van der Waals surface area contributed by atoms with Crippen LogP contribution in [-0.2, 0) is 10.0 Å². The largest absolute Gasteiger partial charge is 0.497 e. The highest BCUT2D eigenvalue weighted by molar-refractivity contribution is 7.89. The van der Waals surface area contributed by atoms with E-state index in [9.17, 15) is 8.42 Å². The van der Waals surface area contributed by atoms with Gasteiger partial charge in [0.15, 0.2) is 0 Å². The van der Waals surface area contributed by atoms with Crippen molar-refractivity contribution in [1.29, 1.82) is 0 Å². The van der Waals surface area contributed by atoms with Gasteiger partial charge in [0.2, 0.25) is 10.0 Å². The summed E-state index contributed by atoms with van der Waals surface area (Å²) >= 11 is 0. The van der Waals surface area contributed by atoms with Gasteiger partial charge < -0.3 is 15.0 Å². The van der Waals surface area contributed by atoms with Crippen LogP contribution in [0.25, 0.3) is 0 Å². The lowest BCUT2D eigenvalue weighted by molar-refractivity contribution is 0.132. The second kappa shape index (κ2) is 7.00. The number of benzene rings is 1. The zero-order valence-electron chi connectivity index (χ0n) is 14.5. The SMILES string of the molecule is COc1ccc(S(=O)(=O)N2CCN(CC3(C)CCNC3)CC2)cc1. The maximum Gasteiger partial charge on any atom is 0.243 e. The third kappa shape index (κ3) is 3.74. The van der Waals surface area contributed by atoms with Gasteiger partial charge in [-0.05, 0) is 42.6 Å². The van der Waals surface area contributed by atoms with Crippen LogP contribution in [0.4, 0.5) is 0 Å². The van der Waals surface area contributed by atoms with Gasteiger partial charge in [-0.2, -0.15) is 4.31 Å². The molecule has 0 radical (unpaired) electrons. The zero-order valence-corrected chi connectivity index (χ0v) is 15.3. The maximum atomic E-state index is 12.8. The van der Waals surface area contributed by atoms with E-state index in [-0.39, 0.29) is 0 Å². The van der Waals surface area contributed by atoms with Crippen molar-refractivity contribution < 1.29 is 13.2 Å². The van der Waals surface area contributed by atoms with Crippen molar-refractivity contribution in [2.45, 2.75) is 18.2 Å². The fraction of sp³-hybridized carbons (Fsp3) is 0.647. The lowest BCUT2D eigenvalue weighted by Gasteiger charge is -2.38. The Morgan fingerprint density at radius 3 is 2.38 bits per heavy atom. The molecule has 1 N–H and O–H groups in total. The Balaban J connectivity index is 1.60. The maximum absolute atomic E-state index is 12.8. The number of piperazine rings is 1. The zero-order chi connectivity index (χ0) is 17.2. The Labute approximate surface area is 144 Å². The van der Waals surface area contributed by atoms with Crippen LogP contribution in [0.2, 0.25) is 0 Å². The van der Waals surface area contributed by atoms with Crippen LogP contribution in [0.1, 0.15) is 13.3 Å². The van der Waals surface area contributed by atoms with Crippen LogP contribution in [0.15, 0.2) is 29.2 Å². The Hall–Kier alpha value is -1.15. The minimum absolute atomic E-state index is 0.316. The fourth-order valence-electron chi connectivity index (χ4n) is 3.57. The van der Waals surface area contributed by atoms with Gasteiger partial charge in [-0.3, -0.25) is 0 Å². The number of nitrogens with zero attached hydrogens (tertiary/aromatic N) is 2. The topological polar surface area (TPSA) is 61.9 Å². The summed E-state index contributed by atoms with van der Waals surface area (Å²) in [6, 6.07) is 6.62. The number of rotatable bonds is 5. The van der Waals surface area contributed by atoms with E-state index in [0.29, 0.717) is 29.1 Å². The average molecular weight is 353 g/mol. The van der Waals surface area contributed by atoms with Crippen molar-refractivity contribution in [1.82, 2.24) is 14.5 Å². The van der Waals surface area contributed by atoms with Crippen molar-refractivity contribution in [3.8, 4) is 5.75 Å². The van der Waals surface area contributed by atoms with Gasteiger partial charge in [0.25, 0.3) is 0 Å². The van der Waals surface area contributed by atoms with Crippen molar-refractivity contribution in [3.63, 3.8) is 0 Å². The van der Waals surface area contributed by atoms with Crippen molar-refractivity contribution in [2.24, 2.45) is 5.41 Å². The Morgan fingerprint density at radius 2 is 1.83 bits per heavy atom. The molecule has 1 aromatic rings. The number of sulfonamides is 1. The molecule has 2 saturated heterocycles. The van der Waals surface area contributed by atoms with Crippen molar-refractivity contribution >= 4 is 10.0 Å². The third-order valence-electron chi connectivity index (χ3n) is 5.09. The molecule has 0 bridgehead atoms. The molecule has 1 unspecified atom stereocenters. The van der Waals surface area contributed by atoms with Gasteiger partial charge in [0.05, 0.1) is 12.0 Å². The summed E-state index contributed by atoms with van der Waals surface area (Å²) in [7, 11) is -1.84. The smallest absolute Gasteiger partial charge is 0.243 e. The molecular weight excluding hydrogens is 326 g/mol. The van der Waals surface area contributed by atoms with Gasteiger partial charge in [-0.1, -0.05) is 6.92 Å². The number of nitrogens with one attached hydrogen (secondary N) is 1. The quantitative estimate of drug-likeness (QED) is 0.856. The number of methoxy groups -OCH3 is 1. The van der Waals surface area contributed by atoms with Crippen LogP contribution >= 0.6 is 0 Å². The number of hydrogen-bond acceptors (Lipinski definition) is 5. The normalized spacial score (nSPS) is 26.6. The second-order valence-electron chi connectivity index (χ2n) is 7.09. The summed E-state index contributed by atoms with van der Waals surface area (Å²) < 4.78 is 32.2. The highest BCUT2D eigenvalue weighted by Crippen LogP contribution is 2.27. The fourth-order valence-corrected chi connectivity index (χ4v) is 4.99. The van der Waals surface area contributed by atoms with E-state index in [1.165, 1.54) is 6.42 Å². The minimum Gasteiger partial charge on any atom is -0.497 e. The molecule has 2 fully saturated rings. The highest BCUT2D eigenvalue weighted by Gasteiger charge is 2.34. The highest BCUT2D eigenvalue weighted by atomic mass is 32.2. The van der Waals surface area contributed by atoms with Crippen molar-refractivity contribution in [3.05, 3.63) is 24.3 Å². The van der Waals surface area contributed by atoms with E-state index in [1.807, 2.05) is 0 Å².